The molecule has 1 amide bonds. The third kappa shape index (κ3) is 3.72. The Kier molecular flexibility index (Phi) is 5.15. The van der Waals surface area contributed by atoms with Gasteiger partial charge in [-0.25, -0.2) is 8.42 Å². The molecule has 1 fully saturated rings. The van der Waals surface area contributed by atoms with Gasteiger partial charge in [0, 0.05) is 36.2 Å². The molecule has 25 heavy (non-hydrogen) atoms. The highest BCUT2D eigenvalue weighted by Crippen LogP contribution is 2.25. The second kappa shape index (κ2) is 7.17. The summed E-state index contributed by atoms with van der Waals surface area (Å²) in [5.74, 6) is -0.0411. The van der Waals surface area contributed by atoms with Crippen molar-refractivity contribution < 1.29 is 13.2 Å². The van der Waals surface area contributed by atoms with Crippen LogP contribution in [0.4, 0.5) is 0 Å². The lowest BCUT2D eigenvalue weighted by molar-refractivity contribution is -0.122. The van der Waals surface area contributed by atoms with Gasteiger partial charge in [-0.1, -0.05) is 6.92 Å². The van der Waals surface area contributed by atoms with Gasteiger partial charge < -0.3 is 9.88 Å². The van der Waals surface area contributed by atoms with Crippen LogP contribution in [0.5, 0.6) is 0 Å². The second-order valence-electron chi connectivity index (χ2n) is 6.65. The Balaban J connectivity index is 1.83. The van der Waals surface area contributed by atoms with Crippen molar-refractivity contribution in [1.29, 1.82) is 0 Å². The highest BCUT2D eigenvalue weighted by atomic mass is 32.2. The predicted octanol–water partition coefficient (Wildman–Crippen LogP) is 2.34. The van der Waals surface area contributed by atoms with Crippen molar-refractivity contribution in [2.45, 2.75) is 50.6 Å². The molecule has 1 aromatic carbocycles. The predicted molar refractivity (Wildman–Crippen MR) is 97.8 cm³/mol. The monoisotopic (exact) mass is 363 g/mol. The summed E-state index contributed by atoms with van der Waals surface area (Å²) in [6.45, 7) is 5.42. The summed E-state index contributed by atoms with van der Waals surface area (Å²) in [6.07, 6.45) is 4.55. The van der Waals surface area contributed by atoms with Crippen LogP contribution in [0.2, 0.25) is 0 Å². The standard InChI is InChI=1S/C18H25N3O3S/c1-3-14(2)19-18(22)13-20-11-8-15-12-16(6-7-17(15)20)25(23,24)21-9-4-5-10-21/h6-8,11-12,14H,3-5,9-10,13H2,1-2H3,(H,19,22)/t14-/m0/s1. The van der Waals surface area contributed by atoms with Crippen LogP contribution in [-0.4, -0.2) is 42.3 Å². The topological polar surface area (TPSA) is 71.4 Å². The minimum Gasteiger partial charge on any atom is -0.352 e. The molecule has 0 aliphatic carbocycles. The van der Waals surface area contributed by atoms with Crippen molar-refractivity contribution in [2.75, 3.05) is 13.1 Å². The molecule has 1 aromatic heterocycles. The molecule has 1 saturated heterocycles. The van der Waals surface area contributed by atoms with Crippen LogP contribution in [0.15, 0.2) is 35.4 Å². The molecular formula is C18H25N3O3S. The molecule has 3 rings (SSSR count). The minimum absolute atomic E-state index is 0.0411. The summed E-state index contributed by atoms with van der Waals surface area (Å²) >= 11 is 0. The maximum absolute atomic E-state index is 12.7. The molecular weight excluding hydrogens is 338 g/mol. The number of benzene rings is 1. The molecule has 1 atom stereocenters. The van der Waals surface area contributed by atoms with E-state index in [-0.39, 0.29) is 18.5 Å². The number of carbonyl (C=O) groups is 1. The fraction of sp³-hybridized carbons (Fsp3) is 0.500. The molecule has 0 bridgehead atoms. The number of hydrogen-bond donors (Lipinski definition) is 1. The summed E-state index contributed by atoms with van der Waals surface area (Å²) in [4.78, 5) is 12.4. The molecule has 0 radical (unpaired) electrons. The Labute approximate surface area is 148 Å². The van der Waals surface area contributed by atoms with Gasteiger partial charge in [0.1, 0.15) is 6.54 Å². The Morgan fingerprint density at radius 1 is 1.24 bits per heavy atom. The summed E-state index contributed by atoms with van der Waals surface area (Å²) in [5.41, 5.74) is 0.861. The lowest BCUT2D eigenvalue weighted by Gasteiger charge is -2.15. The first-order chi connectivity index (χ1) is 11.9. The van der Waals surface area contributed by atoms with E-state index in [2.05, 4.69) is 5.32 Å². The minimum atomic E-state index is -3.42. The van der Waals surface area contributed by atoms with Crippen LogP contribution in [0.25, 0.3) is 10.9 Å². The van der Waals surface area contributed by atoms with Crippen molar-refractivity contribution in [2.24, 2.45) is 0 Å². The molecule has 2 aromatic rings. The van der Waals surface area contributed by atoms with Crippen molar-refractivity contribution in [3.63, 3.8) is 0 Å². The summed E-state index contributed by atoms with van der Waals surface area (Å²) in [5, 5.41) is 3.77. The van der Waals surface area contributed by atoms with E-state index in [1.807, 2.05) is 30.7 Å². The normalized spacial score (nSPS) is 17.0. The number of nitrogens with zero attached hydrogens (tertiary/aromatic N) is 2. The fourth-order valence-corrected chi connectivity index (χ4v) is 4.68. The van der Waals surface area contributed by atoms with Gasteiger partial charge >= 0.3 is 0 Å². The van der Waals surface area contributed by atoms with Gasteiger partial charge in [0.2, 0.25) is 15.9 Å². The van der Waals surface area contributed by atoms with Crippen LogP contribution >= 0.6 is 0 Å². The number of hydrogen-bond acceptors (Lipinski definition) is 3. The third-order valence-corrected chi connectivity index (χ3v) is 6.67. The van der Waals surface area contributed by atoms with E-state index in [1.54, 1.807) is 22.5 Å². The van der Waals surface area contributed by atoms with E-state index in [1.165, 1.54) is 0 Å². The highest BCUT2D eigenvalue weighted by Gasteiger charge is 2.27. The zero-order valence-corrected chi connectivity index (χ0v) is 15.6. The van der Waals surface area contributed by atoms with E-state index in [0.717, 1.165) is 30.2 Å². The van der Waals surface area contributed by atoms with Crippen molar-refractivity contribution in [3.05, 3.63) is 30.5 Å². The zero-order chi connectivity index (χ0) is 18.0. The first-order valence-corrected chi connectivity index (χ1v) is 10.2. The summed E-state index contributed by atoms with van der Waals surface area (Å²) in [7, 11) is -3.42. The molecule has 1 aliphatic rings. The van der Waals surface area contributed by atoms with Gasteiger partial charge in [-0.2, -0.15) is 4.31 Å². The van der Waals surface area contributed by atoms with Crippen molar-refractivity contribution in [3.8, 4) is 0 Å². The third-order valence-electron chi connectivity index (χ3n) is 4.78. The number of fused-ring (bicyclic) bond motifs is 1. The molecule has 0 unspecified atom stereocenters. The van der Waals surface area contributed by atoms with Crippen LogP contribution in [-0.2, 0) is 21.4 Å². The molecule has 2 heterocycles. The Bertz CT molecular complexity index is 867. The number of aromatic nitrogens is 1. The smallest absolute Gasteiger partial charge is 0.243 e. The van der Waals surface area contributed by atoms with E-state index >= 15 is 0 Å². The number of sulfonamides is 1. The van der Waals surface area contributed by atoms with Gasteiger partial charge in [0.25, 0.3) is 0 Å². The quantitative estimate of drug-likeness (QED) is 0.856. The Morgan fingerprint density at radius 3 is 2.64 bits per heavy atom. The Morgan fingerprint density at radius 2 is 1.96 bits per heavy atom. The van der Waals surface area contributed by atoms with E-state index in [9.17, 15) is 13.2 Å². The van der Waals surface area contributed by atoms with Crippen molar-refractivity contribution in [1.82, 2.24) is 14.2 Å². The van der Waals surface area contributed by atoms with Crippen LogP contribution in [0.1, 0.15) is 33.1 Å². The van der Waals surface area contributed by atoms with Gasteiger partial charge in [0.05, 0.1) is 4.90 Å². The van der Waals surface area contributed by atoms with Gasteiger partial charge in [0.15, 0.2) is 0 Å². The highest BCUT2D eigenvalue weighted by molar-refractivity contribution is 7.89. The van der Waals surface area contributed by atoms with Crippen LogP contribution in [0.3, 0.4) is 0 Å². The SMILES string of the molecule is CC[C@H](C)NC(=O)Cn1ccc2cc(S(=O)(=O)N3CCCC3)ccc21. The maximum Gasteiger partial charge on any atom is 0.243 e. The van der Waals surface area contributed by atoms with Gasteiger partial charge in [-0.15, -0.1) is 0 Å². The summed E-state index contributed by atoms with van der Waals surface area (Å²) < 4.78 is 28.7. The number of nitrogens with one attached hydrogen (secondary N) is 1. The van der Waals surface area contributed by atoms with E-state index < -0.39 is 10.0 Å². The van der Waals surface area contributed by atoms with Gasteiger partial charge in [-0.05, 0) is 50.5 Å². The molecule has 7 heteroatoms. The average molecular weight is 363 g/mol. The van der Waals surface area contributed by atoms with Crippen LogP contribution < -0.4 is 5.32 Å². The lowest BCUT2D eigenvalue weighted by atomic mass is 10.2. The molecule has 0 saturated carbocycles. The van der Waals surface area contributed by atoms with E-state index in [0.29, 0.717) is 18.0 Å². The maximum atomic E-state index is 12.7. The Hall–Kier alpha value is -1.86. The first kappa shape index (κ1) is 17.9. The summed E-state index contributed by atoms with van der Waals surface area (Å²) in [6, 6.07) is 7.13. The second-order valence-corrected chi connectivity index (χ2v) is 8.59. The molecule has 1 N–H and O–H groups in total. The number of carbonyl (C=O) groups excluding carboxylic acids is 1. The number of rotatable bonds is 6. The lowest BCUT2D eigenvalue weighted by Crippen LogP contribution is -2.34. The fourth-order valence-electron chi connectivity index (χ4n) is 3.13. The zero-order valence-electron chi connectivity index (χ0n) is 14.7. The first-order valence-electron chi connectivity index (χ1n) is 8.80. The van der Waals surface area contributed by atoms with Crippen LogP contribution in [0, 0.1) is 0 Å². The number of amides is 1. The largest absolute Gasteiger partial charge is 0.352 e. The molecule has 6 nitrogen and oxygen atoms in total. The van der Waals surface area contributed by atoms with E-state index in [4.69, 9.17) is 0 Å². The van der Waals surface area contributed by atoms with Gasteiger partial charge in [-0.3, -0.25) is 4.79 Å². The average Bonchev–Trinajstić information content (AvgIpc) is 3.25. The molecule has 136 valence electrons. The van der Waals surface area contributed by atoms with Crippen molar-refractivity contribution >= 4 is 26.8 Å². The molecule has 1 aliphatic heterocycles. The molecule has 0 spiro atoms.